The second kappa shape index (κ2) is 5.48. The molecule has 0 fully saturated rings. The van der Waals surface area contributed by atoms with E-state index >= 15 is 0 Å². The summed E-state index contributed by atoms with van der Waals surface area (Å²) in [4.78, 5) is 17.6. The van der Waals surface area contributed by atoms with Gasteiger partial charge in [-0.3, -0.25) is 4.57 Å². The zero-order valence-corrected chi connectivity index (χ0v) is 10.4. The summed E-state index contributed by atoms with van der Waals surface area (Å²) >= 11 is 0. The number of benzene rings is 1. The smallest absolute Gasteiger partial charge is 0.329 e. The molecule has 0 spiro atoms. The third-order valence-electron chi connectivity index (χ3n) is 2.22. The molecule has 1 aromatic carbocycles. The fourth-order valence-electron chi connectivity index (χ4n) is 1.23. The van der Waals surface area contributed by atoms with E-state index in [1.165, 1.54) is 0 Å². The topological polar surface area (TPSA) is 66.8 Å². The SMILES string of the molecule is CCC(C)Oc1ccc(CP(=O)(O)O)cc1. The van der Waals surface area contributed by atoms with Crippen molar-refractivity contribution in [3.05, 3.63) is 29.8 Å². The Balaban J connectivity index is 2.64. The van der Waals surface area contributed by atoms with E-state index in [4.69, 9.17) is 14.5 Å². The van der Waals surface area contributed by atoms with Gasteiger partial charge in [0.15, 0.2) is 0 Å². The van der Waals surface area contributed by atoms with Crippen LogP contribution in [0.25, 0.3) is 0 Å². The van der Waals surface area contributed by atoms with Crippen LogP contribution in [0, 0.1) is 0 Å². The number of hydrogen-bond acceptors (Lipinski definition) is 2. The van der Waals surface area contributed by atoms with Gasteiger partial charge in [-0.1, -0.05) is 19.1 Å². The lowest BCUT2D eigenvalue weighted by atomic mass is 10.2. The van der Waals surface area contributed by atoms with Crippen LogP contribution in [-0.2, 0) is 10.7 Å². The van der Waals surface area contributed by atoms with Crippen molar-refractivity contribution < 1.29 is 19.1 Å². The summed E-state index contributed by atoms with van der Waals surface area (Å²) < 4.78 is 16.3. The van der Waals surface area contributed by atoms with Gasteiger partial charge in [0.25, 0.3) is 0 Å². The van der Waals surface area contributed by atoms with E-state index in [-0.39, 0.29) is 12.3 Å². The Labute approximate surface area is 95.4 Å². The van der Waals surface area contributed by atoms with E-state index in [0.29, 0.717) is 5.56 Å². The van der Waals surface area contributed by atoms with Crippen molar-refractivity contribution in [2.45, 2.75) is 32.5 Å². The van der Waals surface area contributed by atoms with Gasteiger partial charge in [0.05, 0.1) is 12.3 Å². The Morgan fingerprint density at radius 2 is 1.88 bits per heavy atom. The molecule has 1 atom stereocenters. The fraction of sp³-hybridized carbons (Fsp3) is 0.455. The van der Waals surface area contributed by atoms with Gasteiger partial charge in [-0.2, -0.15) is 0 Å². The predicted molar refractivity (Wildman–Crippen MR) is 62.6 cm³/mol. The highest BCUT2D eigenvalue weighted by atomic mass is 31.2. The minimum Gasteiger partial charge on any atom is -0.491 e. The van der Waals surface area contributed by atoms with E-state index in [9.17, 15) is 4.57 Å². The molecule has 0 bridgehead atoms. The summed E-state index contributed by atoms with van der Waals surface area (Å²) in [5.74, 6) is 0.726. The quantitative estimate of drug-likeness (QED) is 0.781. The molecule has 2 N–H and O–H groups in total. The lowest BCUT2D eigenvalue weighted by molar-refractivity contribution is 0.217. The van der Waals surface area contributed by atoms with Crippen molar-refractivity contribution in [3.63, 3.8) is 0 Å². The number of rotatable bonds is 5. The highest BCUT2D eigenvalue weighted by Gasteiger charge is 2.13. The first-order valence-corrected chi connectivity index (χ1v) is 7.00. The summed E-state index contributed by atoms with van der Waals surface area (Å²) in [6.07, 6.45) is 0.841. The Morgan fingerprint density at radius 3 is 2.31 bits per heavy atom. The van der Waals surface area contributed by atoms with Crippen molar-refractivity contribution in [2.75, 3.05) is 0 Å². The third-order valence-corrected chi connectivity index (χ3v) is 3.00. The molecule has 0 aliphatic rings. The van der Waals surface area contributed by atoms with Gasteiger partial charge in [-0.05, 0) is 31.0 Å². The van der Waals surface area contributed by atoms with Crippen molar-refractivity contribution in [1.82, 2.24) is 0 Å². The van der Waals surface area contributed by atoms with Crippen molar-refractivity contribution in [1.29, 1.82) is 0 Å². The van der Waals surface area contributed by atoms with Crippen LogP contribution in [-0.4, -0.2) is 15.9 Å². The van der Waals surface area contributed by atoms with Crippen LogP contribution in [0.3, 0.4) is 0 Å². The maximum atomic E-state index is 10.8. The van der Waals surface area contributed by atoms with Crippen molar-refractivity contribution in [2.24, 2.45) is 0 Å². The van der Waals surface area contributed by atoms with Crippen LogP contribution in [0.2, 0.25) is 0 Å². The molecule has 1 rings (SSSR count). The molecule has 0 saturated carbocycles. The minimum atomic E-state index is -3.98. The average Bonchev–Trinajstić information content (AvgIpc) is 2.18. The van der Waals surface area contributed by atoms with Crippen LogP contribution in [0.5, 0.6) is 5.75 Å². The van der Waals surface area contributed by atoms with Gasteiger partial charge in [0.1, 0.15) is 5.75 Å². The second-order valence-corrected chi connectivity index (χ2v) is 5.45. The molecule has 4 nitrogen and oxygen atoms in total. The maximum absolute atomic E-state index is 10.8. The highest BCUT2D eigenvalue weighted by Crippen LogP contribution is 2.39. The van der Waals surface area contributed by atoms with E-state index in [1.807, 2.05) is 13.8 Å². The lowest BCUT2D eigenvalue weighted by Crippen LogP contribution is -2.09. The molecule has 0 heterocycles. The molecule has 16 heavy (non-hydrogen) atoms. The number of ether oxygens (including phenoxy) is 1. The summed E-state index contributed by atoms with van der Waals surface area (Å²) in [7, 11) is -3.98. The van der Waals surface area contributed by atoms with Gasteiger partial charge in [0.2, 0.25) is 0 Å². The first kappa shape index (κ1) is 13.2. The average molecular weight is 244 g/mol. The summed E-state index contributed by atoms with van der Waals surface area (Å²) in [5, 5.41) is 0. The van der Waals surface area contributed by atoms with Gasteiger partial charge in [-0.25, -0.2) is 0 Å². The molecule has 0 aliphatic carbocycles. The molecule has 1 unspecified atom stereocenters. The fourth-order valence-corrected chi connectivity index (χ4v) is 1.91. The lowest BCUT2D eigenvalue weighted by Gasteiger charge is -2.12. The van der Waals surface area contributed by atoms with Gasteiger partial charge in [0, 0.05) is 0 Å². The molecule has 1 aromatic rings. The Hall–Kier alpha value is -0.830. The van der Waals surface area contributed by atoms with Gasteiger partial charge >= 0.3 is 7.60 Å². The van der Waals surface area contributed by atoms with Crippen LogP contribution < -0.4 is 4.74 Å². The van der Waals surface area contributed by atoms with Crippen LogP contribution in [0.15, 0.2) is 24.3 Å². The Bertz CT molecular complexity index is 368. The van der Waals surface area contributed by atoms with Gasteiger partial charge in [-0.15, -0.1) is 0 Å². The van der Waals surface area contributed by atoms with Crippen LogP contribution >= 0.6 is 7.60 Å². The molecule has 0 aromatic heterocycles. The van der Waals surface area contributed by atoms with Crippen LogP contribution in [0.1, 0.15) is 25.8 Å². The first-order valence-electron chi connectivity index (χ1n) is 5.21. The van der Waals surface area contributed by atoms with E-state index in [1.54, 1.807) is 24.3 Å². The largest absolute Gasteiger partial charge is 0.491 e. The molecular weight excluding hydrogens is 227 g/mol. The van der Waals surface area contributed by atoms with Crippen molar-refractivity contribution >= 4 is 7.60 Å². The molecule has 90 valence electrons. The standard InChI is InChI=1S/C11H17O4P/c1-3-9(2)15-11-6-4-10(5-7-11)8-16(12,13)14/h4-7,9H,3,8H2,1-2H3,(H2,12,13,14). The van der Waals surface area contributed by atoms with Gasteiger partial charge < -0.3 is 14.5 Å². The first-order chi connectivity index (χ1) is 7.40. The summed E-state index contributed by atoms with van der Waals surface area (Å²) in [6.45, 7) is 4.01. The van der Waals surface area contributed by atoms with E-state index < -0.39 is 7.60 Å². The molecule has 0 saturated heterocycles. The third kappa shape index (κ3) is 4.79. The second-order valence-electron chi connectivity index (χ2n) is 3.80. The number of hydrogen-bond donors (Lipinski definition) is 2. The molecule has 0 aliphatic heterocycles. The monoisotopic (exact) mass is 244 g/mol. The van der Waals surface area contributed by atoms with Crippen LogP contribution in [0.4, 0.5) is 0 Å². The highest BCUT2D eigenvalue weighted by molar-refractivity contribution is 7.50. The maximum Gasteiger partial charge on any atom is 0.329 e. The zero-order chi connectivity index (χ0) is 12.2. The predicted octanol–water partition coefficient (Wildman–Crippen LogP) is 2.54. The minimum absolute atomic E-state index is 0.146. The van der Waals surface area contributed by atoms with E-state index in [2.05, 4.69) is 0 Å². The summed E-state index contributed by atoms with van der Waals surface area (Å²) in [5.41, 5.74) is 0.616. The zero-order valence-electron chi connectivity index (χ0n) is 9.46. The van der Waals surface area contributed by atoms with E-state index in [0.717, 1.165) is 12.2 Å². The van der Waals surface area contributed by atoms with Crippen molar-refractivity contribution in [3.8, 4) is 5.75 Å². The molecular formula is C11H17O4P. The summed E-state index contributed by atoms with van der Waals surface area (Å²) in [6, 6.07) is 6.82. The molecule has 5 heteroatoms. The Kier molecular flexibility index (Phi) is 4.54. The molecule has 0 radical (unpaired) electrons. The Morgan fingerprint density at radius 1 is 1.31 bits per heavy atom. The molecule has 0 amide bonds. The normalized spacial score (nSPS) is 13.5.